The van der Waals surface area contributed by atoms with Gasteiger partial charge in [-0.15, -0.1) is 0 Å². The summed E-state index contributed by atoms with van der Waals surface area (Å²) in [7, 11) is 1.84. The molecular weight excluding hydrogens is 540 g/mol. The Kier molecular flexibility index (Phi) is 8.38. The maximum Gasteiger partial charge on any atom is 0.260 e. The van der Waals surface area contributed by atoms with Gasteiger partial charge in [0.2, 0.25) is 10.0 Å². The number of ether oxygens (including phenoxy) is 3. The van der Waals surface area contributed by atoms with E-state index in [0.29, 0.717) is 55.1 Å². The number of rotatable bonds is 10. The lowest BCUT2D eigenvalue weighted by Gasteiger charge is -2.22. The van der Waals surface area contributed by atoms with E-state index in [0.717, 1.165) is 36.0 Å². The van der Waals surface area contributed by atoms with E-state index in [9.17, 15) is 13.2 Å². The summed E-state index contributed by atoms with van der Waals surface area (Å²) in [5.41, 5.74) is 1.13. The lowest BCUT2D eigenvalue weighted by atomic mass is 10.2. The Balaban J connectivity index is 1.38. The normalized spacial score (nSPS) is 17.3. The smallest absolute Gasteiger partial charge is 0.260 e. The molecule has 2 aliphatic rings. The van der Waals surface area contributed by atoms with Gasteiger partial charge in [-0.1, -0.05) is 11.3 Å². The fourth-order valence-corrected chi connectivity index (χ4v) is 6.88. The number of aromatic nitrogens is 1. The van der Waals surface area contributed by atoms with E-state index in [1.807, 2.05) is 26.2 Å². The van der Waals surface area contributed by atoms with Crippen LogP contribution in [0.2, 0.25) is 0 Å². The van der Waals surface area contributed by atoms with Crippen LogP contribution < -0.4 is 14.4 Å². The van der Waals surface area contributed by atoms with Crippen molar-refractivity contribution in [3.05, 3.63) is 42.0 Å². The van der Waals surface area contributed by atoms with Gasteiger partial charge in [-0.25, -0.2) is 13.4 Å². The van der Waals surface area contributed by atoms with Crippen LogP contribution >= 0.6 is 11.3 Å². The molecule has 0 aliphatic carbocycles. The first kappa shape index (κ1) is 27.8. The summed E-state index contributed by atoms with van der Waals surface area (Å²) in [5, 5.41) is 0.573. The number of benzene rings is 2. The number of anilines is 1. The number of thiazole rings is 1. The van der Waals surface area contributed by atoms with Crippen LogP contribution in [0.15, 0.2) is 41.3 Å². The molecule has 1 fully saturated rings. The molecule has 1 unspecified atom stereocenters. The standard InChI is InChI=1S/C27H34N4O6S2/c1-29(2)11-5-12-31(27-28-22-16-23-24(17-25(22)38-27)37-15-14-36-23)26(32)19-7-9-21(10-8-19)39(33,34)30(3)18-20-6-4-13-35-20/h7-10,16-17,20H,4-6,11-15,18H2,1-3H3. The summed E-state index contributed by atoms with van der Waals surface area (Å²) in [6, 6.07) is 9.88. The predicted octanol–water partition coefficient (Wildman–Crippen LogP) is 3.47. The zero-order valence-corrected chi connectivity index (χ0v) is 24.1. The molecule has 3 heterocycles. The Morgan fingerprint density at radius 1 is 1.03 bits per heavy atom. The lowest BCUT2D eigenvalue weighted by Crippen LogP contribution is -2.34. The molecule has 1 saturated heterocycles. The summed E-state index contributed by atoms with van der Waals surface area (Å²) in [6.07, 6.45) is 2.46. The van der Waals surface area contributed by atoms with Crippen LogP contribution in [0.3, 0.4) is 0 Å². The molecule has 1 amide bonds. The lowest BCUT2D eigenvalue weighted by molar-refractivity contribution is 0.0978. The van der Waals surface area contributed by atoms with Gasteiger partial charge in [0.05, 0.1) is 21.2 Å². The van der Waals surface area contributed by atoms with Gasteiger partial charge in [0.15, 0.2) is 16.6 Å². The van der Waals surface area contributed by atoms with Gasteiger partial charge in [-0.2, -0.15) is 4.31 Å². The van der Waals surface area contributed by atoms with Crippen molar-refractivity contribution in [1.82, 2.24) is 14.2 Å². The molecule has 5 rings (SSSR count). The first-order valence-corrected chi connectivity index (χ1v) is 15.3. The Morgan fingerprint density at radius 3 is 2.41 bits per heavy atom. The zero-order valence-electron chi connectivity index (χ0n) is 22.5. The quantitative estimate of drug-likeness (QED) is 0.363. The Hall–Kier alpha value is -2.77. The first-order chi connectivity index (χ1) is 18.7. The molecule has 2 aromatic carbocycles. The molecule has 0 N–H and O–H groups in total. The van der Waals surface area contributed by atoms with Crippen LogP contribution in [-0.4, -0.2) is 95.2 Å². The molecule has 10 nitrogen and oxygen atoms in total. The van der Waals surface area contributed by atoms with Crippen molar-refractivity contribution in [3.63, 3.8) is 0 Å². The topological polar surface area (TPSA) is 102 Å². The summed E-state index contributed by atoms with van der Waals surface area (Å²) >= 11 is 1.42. The molecule has 12 heteroatoms. The molecule has 0 saturated carbocycles. The number of hydrogen-bond donors (Lipinski definition) is 0. The van der Waals surface area contributed by atoms with Gasteiger partial charge in [0, 0.05) is 44.4 Å². The van der Waals surface area contributed by atoms with E-state index in [2.05, 4.69) is 4.90 Å². The second kappa shape index (κ2) is 11.8. The third-order valence-corrected chi connectivity index (χ3v) is 9.68. The Morgan fingerprint density at radius 2 is 1.74 bits per heavy atom. The maximum absolute atomic E-state index is 13.7. The van der Waals surface area contributed by atoms with Gasteiger partial charge in [-0.05, 0) is 64.2 Å². The predicted molar refractivity (Wildman–Crippen MR) is 151 cm³/mol. The average Bonchev–Trinajstić information content (AvgIpc) is 3.58. The molecule has 2 aliphatic heterocycles. The van der Waals surface area contributed by atoms with Crippen molar-refractivity contribution in [2.24, 2.45) is 0 Å². The van der Waals surface area contributed by atoms with Crippen molar-refractivity contribution < 1.29 is 27.4 Å². The number of fused-ring (bicyclic) bond motifs is 2. The van der Waals surface area contributed by atoms with Crippen molar-refractivity contribution in [1.29, 1.82) is 0 Å². The van der Waals surface area contributed by atoms with E-state index in [1.54, 1.807) is 24.1 Å². The molecule has 0 spiro atoms. The number of likely N-dealkylation sites (N-methyl/N-ethyl adjacent to an activating group) is 1. The minimum atomic E-state index is -3.70. The third kappa shape index (κ3) is 6.20. The van der Waals surface area contributed by atoms with E-state index in [4.69, 9.17) is 19.2 Å². The summed E-state index contributed by atoms with van der Waals surface area (Å²) in [5.74, 6) is 1.09. The summed E-state index contributed by atoms with van der Waals surface area (Å²) in [4.78, 5) is 22.4. The van der Waals surface area contributed by atoms with E-state index in [-0.39, 0.29) is 16.9 Å². The zero-order chi connectivity index (χ0) is 27.6. The number of carbonyl (C=O) groups is 1. The highest BCUT2D eigenvalue weighted by Crippen LogP contribution is 2.39. The van der Waals surface area contributed by atoms with Gasteiger partial charge < -0.3 is 19.1 Å². The molecule has 39 heavy (non-hydrogen) atoms. The second-order valence-electron chi connectivity index (χ2n) is 10.0. The Labute approximate surface area is 233 Å². The van der Waals surface area contributed by atoms with Gasteiger partial charge in [0.1, 0.15) is 13.2 Å². The van der Waals surface area contributed by atoms with Crippen LogP contribution in [0, 0.1) is 0 Å². The third-order valence-electron chi connectivity index (χ3n) is 6.80. The molecule has 0 radical (unpaired) electrons. The maximum atomic E-state index is 13.7. The summed E-state index contributed by atoms with van der Waals surface area (Å²) < 4.78 is 45.4. The van der Waals surface area contributed by atoms with Crippen molar-refractivity contribution in [3.8, 4) is 11.5 Å². The number of amides is 1. The van der Waals surface area contributed by atoms with Gasteiger partial charge >= 0.3 is 0 Å². The van der Waals surface area contributed by atoms with Crippen LogP contribution in [0.25, 0.3) is 10.2 Å². The second-order valence-corrected chi connectivity index (χ2v) is 13.1. The van der Waals surface area contributed by atoms with Crippen molar-refractivity contribution in [2.75, 3.05) is 65.5 Å². The highest BCUT2D eigenvalue weighted by molar-refractivity contribution is 7.89. The molecule has 0 bridgehead atoms. The summed E-state index contributed by atoms with van der Waals surface area (Å²) in [6.45, 7) is 3.22. The van der Waals surface area contributed by atoms with Crippen molar-refractivity contribution in [2.45, 2.75) is 30.3 Å². The van der Waals surface area contributed by atoms with E-state index >= 15 is 0 Å². The minimum absolute atomic E-state index is 0.0844. The number of nitrogens with zero attached hydrogens (tertiary/aromatic N) is 4. The first-order valence-electron chi connectivity index (χ1n) is 13.1. The number of carbonyl (C=O) groups excluding carboxylic acids is 1. The van der Waals surface area contributed by atoms with E-state index < -0.39 is 10.0 Å². The minimum Gasteiger partial charge on any atom is -0.486 e. The molecular formula is C27H34N4O6S2. The highest BCUT2D eigenvalue weighted by atomic mass is 32.2. The average molecular weight is 575 g/mol. The number of hydrogen-bond acceptors (Lipinski definition) is 9. The van der Waals surface area contributed by atoms with Gasteiger partial charge in [0.25, 0.3) is 5.91 Å². The SMILES string of the molecule is CN(C)CCCN(C(=O)c1ccc(S(=O)(=O)N(C)CC2CCCO2)cc1)c1nc2cc3c(cc2s1)OCCO3. The van der Waals surface area contributed by atoms with E-state index in [1.165, 1.54) is 27.8 Å². The fraction of sp³-hybridized carbons (Fsp3) is 0.481. The van der Waals surface area contributed by atoms with Crippen LogP contribution in [-0.2, 0) is 14.8 Å². The Bertz CT molecular complexity index is 1380. The molecule has 1 aromatic heterocycles. The molecule has 1 atom stereocenters. The van der Waals surface area contributed by atoms with Crippen LogP contribution in [0.1, 0.15) is 29.6 Å². The number of sulfonamides is 1. The van der Waals surface area contributed by atoms with Crippen LogP contribution in [0.5, 0.6) is 11.5 Å². The van der Waals surface area contributed by atoms with Crippen molar-refractivity contribution >= 4 is 42.6 Å². The van der Waals surface area contributed by atoms with Gasteiger partial charge in [-0.3, -0.25) is 9.69 Å². The monoisotopic (exact) mass is 574 g/mol. The van der Waals surface area contributed by atoms with Crippen LogP contribution in [0.4, 0.5) is 5.13 Å². The molecule has 3 aromatic rings. The highest BCUT2D eigenvalue weighted by Gasteiger charge is 2.27. The molecule has 210 valence electrons. The largest absolute Gasteiger partial charge is 0.486 e. The fourth-order valence-electron chi connectivity index (χ4n) is 4.68.